The number of hydrogen-bond donors (Lipinski definition) is 1. The molecule has 70 valence electrons. The van der Waals surface area contributed by atoms with Crippen molar-refractivity contribution in [2.75, 3.05) is 0 Å². The topological polar surface area (TPSA) is 20.2 Å². The predicted octanol–water partition coefficient (Wildman–Crippen LogP) is 2.86. The zero-order valence-corrected chi connectivity index (χ0v) is 8.20. The third-order valence-electron chi connectivity index (χ3n) is 2.10. The minimum absolute atomic E-state index is 0.342. The summed E-state index contributed by atoms with van der Waals surface area (Å²) in [5.74, 6) is 0. The normalized spacial score (nSPS) is 14.2. The molecule has 0 amide bonds. The maximum absolute atomic E-state index is 9.41. The standard InChI is InChI=1S/C12H16O/c1-3-12(10(2)13)9-11-7-5-4-6-8-11/h4-10,13H,3H2,1-2H3/b12-9+. The van der Waals surface area contributed by atoms with Crippen LogP contribution in [0.25, 0.3) is 6.08 Å². The van der Waals surface area contributed by atoms with E-state index in [1.54, 1.807) is 6.92 Å². The van der Waals surface area contributed by atoms with E-state index < -0.39 is 0 Å². The van der Waals surface area contributed by atoms with E-state index in [0.717, 1.165) is 17.6 Å². The van der Waals surface area contributed by atoms with Crippen molar-refractivity contribution in [2.45, 2.75) is 26.4 Å². The van der Waals surface area contributed by atoms with Crippen LogP contribution in [0.3, 0.4) is 0 Å². The van der Waals surface area contributed by atoms with Gasteiger partial charge in [-0.1, -0.05) is 43.3 Å². The van der Waals surface area contributed by atoms with E-state index >= 15 is 0 Å². The Morgan fingerprint density at radius 1 is 1.38 bits per heavy atom. The number of aliphatic hydroxyl groups excluding tert-OH is 1. The third kappa shape index (κ3) is 3.03. The molecule has 1 atom stereocenters. The largest absolute Gasteiger partial charge is 0.389 e. The van der Waals surface area contributed by atoms with Gasteiger partial charge in [-0.2, -0.15) is 0 Å². The zero-order valence-electron chi connectivity index (χ0n) is 8.20. The first kappa shape index (κ1) is 10.0. The molecule has 0 aromatic heterocycles. The first-order valence-electron chi connectivity index (χ1n) is 4.67. The molecule has 0 aliphatic heterocycles. The molecule has 13 heavy (non-hydrogen) atoms. The van der Waals surface area contributed by atoms with Crippen molar-refractivity contribution in [3.05, 3.63) is 41.5 Å². The van der Waals surface area contributed by atoms with Crippen molar-refractivity contribution in [1.29, 1.82) is 0 Å². The van der Waals surface area contributed by atoms with Gasteiger partial charge in [0, 0.05) is 0 Å². The molecule has 1 heteroatoms. The summed E-state index contributed by atoms with van der Waals surface area (Å²) in [6.45, 7) is 3.86. The van der Waals surface area contributed by atoms with Gasteiger partial charge in [0.25, 0.3) is 0 Å². The van der Waals surface area contributed by atoms with Crippen LogP contribution >= 0.6 is 0 Å². The van der Waals surface area contributed by atoms with E-state index in [9.17, 15) is 5.11 Å². The summed E-state index contributed by atoms with van der Waals surface area (Å²) in [7, 11) is 0. The Bertz CT molecular complexity index is 272. The fourth-order valence-electron chi connectivity index (χ4n) is 1.28. The first-order valence-corrected chi connectivity index (χ1v) is 4.67. The highest BCUT2D eigenvalue weighted by Gasteiger charge is 2.01. The van der Waals surface area contributed by atoms with Gasteiger partial charge < -0.3 is 5.11 Å². The number of aliphatic hydroxyl groups is 1. The van der Waals surface area contributed by atoms with Gasteiger partial charge in [-0.3, -0.25) is 0 Å². The quantitative estimate of drug-likeness (QED) is 0.750. The summed E-state index contributed by atoms with van der Waals surface area (Å²) in [6.07, 6.45) is 2.60. The molecule has 0 saturated heterocycles. The van der Waals surface area contributed by atoms with Crippen molar-refractivity contribution >= 4 is 6.08 Å². The van der Waals surface area contributed by atoms with Crippen LogP contribution in [0.15, 0.2) is 35.9 Å². The van der Waals surface area contributed by atoms with E-state index in [4.69, 9.17) is 0 Å². The molecule has 1 unspecified atom stereocenters. The van der Waals surface area contributed by atoms with Gasteiger partial charge in [0.05, 0.1) is 6.10 Å². The molecular formula is C12H16O. The highest BCUT2D eigenvalue weighted by atomic mass is 16.3. The predicted molar refractivity (Wildman–Crippen MR) is 56.4 cm³/mol. The molecule has 0 saturated carbocycles. The van der Waals surface area contributed by atoms with Gasteiger partial charge in [0.15, 0.2) is 0 Å². The van der Waals surface area contributed by atoms with E-state index in [1.165, 1.54) is 0 Å². The molecule has 0 heterocycles. The monoisotopic (exact) mass is 176 g/mol. The van der Waals surface area contributed by atoms with Crippen LogP contribution in [-0.2, 0) is 0 Å². The molecule has 0 fully saturated rings. The van der Waals surface area contributed by atoms with Crippen LogP contribution in [0, 0.1) is 0 Å². The molecule has 0 aliphatic rings. The number of benzene rings is 1. The molecule has 1 N–H and O–H groups in total. The fourth-order valence-corrected chi connectivity index (χ4v) is 1.28. The minimum atomic E-state index is -0.342. The highest BCUT2D eigenvalue weighted by Crippen LogP contribution is 2.12. The molecule has 1 rings (SSSR count). The van der Waals surface area contributed by atoms with Crippen molar-refractivity contribution in [3.8, 4) is 0 Å². The van der Waals surface area contributed by atoms with Gasteiger partial charge in [0.2, 0.25) is 0 Å². The summed E-state index contributed by atoms with van der Waals surface area (Å²) in [5.41, 5.74) is 2.23. The average Bonchev–Trinajstić information content (AvgIpc) is 2.15. The summed E-state index contributed by atoms with van der Waals surface area (Å²) in [6, 6.07) is 10.1. The van der Waals surface area contributed by atoms with Gasteiger partial charge in [-0.05, 0) is 24.5 Å². The fraction of sp³-hybridized carbons (Fsp3) is 0.333. The van der Waals surface area contributed by atoms with Crippen LogP contribution in [0.1, 0.15) is 25.8 Å². The van der Waals surface area contributed by atoms with E-state index in [-0.39, 0.29) is 6.10 Å². The molecule has 1 aromatic rings. The Morgan fingerprint density at radius 3 is 2.46 bits per heavy atom. The molecule has 0 aliphatic carbocycles. The Labute approximate surface area is 79.7 Å². The molecular weight excluding hydrogens is 160 g/mol. The second-order valence-electron chi connectivity index (χ2n) is 3.16. The average molecular weight is 176 g/mol. The van der Waals surface area contributed by atoms with Crippen molar-refractivity contribution in [3.63, 3.8) is 0 Å². The highest BCUT2D eigenvalue weighted by molar-refractivity contribution is 5.53. The number of rotatable bonds is 3. The molecule has 0 radical (unpaired) electrons. The lowest BCUT2D eigenvalue weighted by molar-refractivity contribution is 0.229. The summed E-state index contributed by atoms with van der Waals surface area (Å²) < 4.78 is 0. The van der Waals surface area contributed by atoms with Gasteiger partial charge in [-0.15, -0.1) is 0 Å². The van der Waals surface area contributed by atoms with Crippen LogP contribution < -0.4 is 0 Å². The Morgan fingerprint density at radius 2 is 2.00 bits per heavy atom. The van der Waals surface area contributed by atoms with E-state index in [2.05, 4.69) is 6.92 Å². The Balaban J connectivity index is 2.85. The molecule has 0 bridgehead atoms. The van der Waals surface area contributed by atoms with Gasteiger partial charge >= 0.3 is 0 Å². The summed E-state index contributed by atoms with van der Waals surface area (Å²) >= 11 is 0. The second kappa shape index (κ2) is 4.83. The first-order chi connectivity index (χ1) is 6.24. The lowest BCUT2D eigenvalue weighted by Gasteiger charge is -2.07. The lowest BCUT2D eigenvalue weighted by Crippen LogP contribution is -2.02. The number of hydrogen-bond acceptors (Lipinski definition) is 1. The van der Waals surface area contributed by atoms with E-state index in [0.29, 0.717) is 0 Å². The molecule has 1 nitrogen and oxygen atoms in total. The minimum Gasteiger partial charge on any atom is -0.389 e. The van der Waals surface area contributed by atoms with Crippen LogP contribution in [-0.4, -0.2) is 11.2 Å². The van der Waals surface area contributed by atoms with E-state index in [1.807, 2.05) is 36.4 Å². The van der Waals surface area contributed by atoms with Gasteiger partial charge in [-0.25, -0.2) is 0 Å². The lowest BCUT2D eigenvalue weighted by atomic mass is 10.0. The maximum atomic E-state index is 9.41. The van der Waals surface area contributed by atoms with Crippen LogP contribution in [0.2, 0.25) is 0 Å². The third-order valence-corrected chi connectivity index (χ3v) is 2.10. The second-order valence-corrected chi connectivity index (χ2v) is 3.16. The zero-order chi connectivity index (χ0) is 9.68. The summed E-state index contributed by atoms with van der Waals surface area (Å²) in [4.78, 5) is 0. The van der Waals surface area contributed by atoms with Gasteiger partial charge in [0.1, 0.15) is 0 Å². The molecule has 1 aromatic carbocycles. The van der Waals surface area contributed by atoms with Crippen LogP contribution in [0.4, 0.5) is 0 Å². The van der Waals surface area contributed by atoms with Crippen molar-refractivity contribution in [1.82, 2.24) is 0 Å². The Hall–Kier alpha value is -1.08. The molecule has 0 spiro atoms. The smallest absolute Gasteiger partial charge is 0.0725 e. The van der Waals surface area contributed by atoms with Crippen molar-refractivity contribution < 1.29 is 5.11 Å². The summed E-state index contributed by atoms with van der Waals surface area (Å²) in [5, 5.41) is 9.41. The van der Waals surface area contributed by atoms with Crippen LogP contribution in [0.5, 0.6) is 0 Å². The Kier molecular flexibility index (Phi) is 3.71. The van der Waals surface area contributed by atoms with Crippen molar-refractivity contribution in [2.24, 2.45) is 0 Å². The maximum Gasteiger partial charge on any atom is 0.0725 e. The SMILES string of the molecule is CC/C(=C\c1ccccc1)C(C)O.